The van der Waals surface area contributed by atoms with E-state index in [9.17, 15) is 18.0 Å². The second kappa shape index (κ2) is 11.8. The molecule has 1 saturated heterocycles. The second-order valence-electron chi connectivity index (χ2n) is 11.1. The third-order valence-corrected chi connectivity index (χ3v) is 9.60. The molecular formula is C36H29N3O6S. The van der Waals surface area contributed by atoms with E-state index in [0.29, 0.717) is 28.3 Å². The van der Waals surface area contributed by atoms with E-state index in [1.165, 1.54) is 0 Å². The first-order valence-electron chi connectivity index (χ1n) is 14.8. The summed E-state index contributed by atoms with van der Waals surface area (Å²) >= 11 is 0. The van der Waals surface area contributed by atoms with Crippen LogP contribution in [0.25, 0.3) is 10.8 Å². The molecule has 0 radical (unpaired) electrons. The minimum Gasteiger partial charge on any atom is -0.497 e. The van der Waals surface area contributed by atoms with Crippen molar-refractivity contribution >= 4 is 49.9 Å². The summed E-state index contributed by atoms with van der Waals surface area (Å²) in [5, 5.41) is 1.89. The molecule has 0 spiro atoms. The van der Waals surface area contributed by atoms with Gasteiger partial charge in [0.2, 0.25) is 5.91 Å². The number of carbonyl (C=O) groups excluding carboxylic acids is 2. The fraction of sp³-hybridized carbons (Fsp3) is 0.139. The van der Waals surface area contributed by atoms with Crippen molar-refractivity contribution in [3.8, 4) is 11.5 Å². The van der Waals surface area contributed by atoms with Crippen LogP contribution in [-0.4, -0.2) is 39.8 Å². The van der Waals surface area contributed by atoms with Gasteiger partial charge in [-0.1, -0.05) is 66.7 Å². The first-order chi connectivity index (χ1) is 22.3. The fourth-order valence-corrected chi connectivity index (χ4v) is 7.18. The number of carbonyl (C=O) groups is 2. The summed E-state index contributed by atoms with van der Waals surface area (Å²) in [6.07, 6.45) is 0.0284. The Kier molecular flexibility index (Phi) is 7.50. The molecule has 1 unspecified atom stereocenters. The van der Waals surface area contributed by atoms with Crippen molar-refractivity contribution in [2.45, 2.75) is 17.9 Å². The number of amidine groups is 1. The molecule has 1 atom stereocenters. The van der Waals surface area contributed by atoms with Crippen LogP contribution in [-0.2, 0) is 26.2 Å². The minimum absolute atomic E-state index is 0.0284. The van der Waals surface area contributed by atoms with Gasteiger partial charge in [0.1, 0.15) is 16.4 Å². The number of methoxy groups -OCH3 is 1. The lowest BCUT2D eigenvalue weighted by molar-refractivity contribution is -0.139. The smallest absolute Gasteiger partial charge is 0.316 e. The largest absolute Gasteiger partial charge is 0.497 e. The Morgan fingerprint density at radius 2 is 1.61 bits per heavy atom. The zero-order valence-electron chi connectivity index (χ0n) is 24.9. The summed E-state index contributed by atoms with van der Waals surface area (Å²) in [6.45, 7) is 0.349. The van der Waals surface area contributed by atoms with Gasteiger partial charge >= 0.3 is 5.97 Å². The predicted octanol–water partition coefficient (Wildman–Crippen LogP) is 5.96. The van der Waals surface area contributed by atoms with Gasteiger partial charge in [-0.25, -0.2) is 0 Å². The lowest BCUT2D eigenvalue weighted by Crippen LogP contribution is -2.31. The van der Waals surface area contributed by atoms with Crippen LogP contribution in [0.15, 0.2) is 125 Å². The van der Waals surface area contributed by atoms with E-state index in [1.807, 2.05) is 59.5 Å². The second-order valence-corrected chi connectivity index (χ2v) is 12.7. The number of para-hydroxylation sites is 1. The average molecular weight is 632 g/mol. The molecule has 9 nitrogen and oxygen atoms in total. The number of amides is 1. The quantitative estimate of drug-likeness (QED) is 0.161. The number of hydrogen-bond donors (Lipinski definition) is 0. The Bertz CT molecular complexity index is 2120. The van der Waals surface area contributed by atoms with E-state index in [1.54, 1.807) is 72.7 Å². The maximum atomic E-state index is 13.5. The normalized spacial score (nSPS) is 16.6. The molecule has 2 heterocycles. The highest BCUT2D eigenvalue weighted by Crippen LogP contribution is 2.36. The number of fused-ring (bicyclic) bond motifs is 2. The number of anilines is 2. The van der Waals surface area contributed by atoms with E-state index in [-0.39, 0.29) is 36.1 Å². The minimum atomic E-state index is -3.91. The molecule has 230 valence electrons. The molecule has 5 aromatic carbocycles. The fourth-order valence-electron chi connectivity index (χ4n) is 5.97. The van der Waals surface area contributed by atoms with Crippen LogP contribution in [0, 0.1) is 5.92 Å². The molecule has 2 aliphatic heterocycles. The molecule has 0 aliphatic carbocycles. The Labute approximate surface area is 266 Å². The van der Waals surface area contributed by atoms with Crippen LogP contribution in [0.4, 0.5) is 11.4 Å². The van der Waals surface area contributed by atoms with E-state index in [2.05, 4.69) is 4.40 Å². The van der Waals surface area contributed by atoms with Gasteiger partial charge in [0.15, 0.2) is 5.84 Å². The van der Waals surface area contributed by atoms with Crippen molar-refractivity contribution in [3.63, 3.8) is 0 Å². The number of nitrogens with zero attached hydrogens (tertiary/aromatic N) is 3. The predicted molar refractivity (Wildman–Crippen MR) is 176 cm³/mol. The van der Waals surface area contributed by atoms with Gasteiger partial charge in [0.25, 0.3) is 10.0 Å². The van der Waals surface area contributed by atoms with Crippen LogP contribution in [0.5, 0.6) is 11.5 Å². The lowest BCUT2D eigenvalue weighted by Gasteiger charge is -2.27. The van der Waals surface area contributed by atoms with Gasteiger partial charge in [-0.15, -0.1) is 4.40 Å². The van der Waals surface area contributed by atoms with Gasteiger partial charge < -0.3 is 19.3 Å². The van der Waals surface area contributed by atoms with E-state index >= 15 is 0 Å². The summed E-state index contributed by atoms with van der Waals surface area (Å²) < 4.78 is 41.7. The number of benzene rings is 5. The number of esters is 1. The van der Waals surface area contributed by atoms with Gasteiger partial charge in [-0.2, -0.15) is 8.42 Å². The van der Waals surface area contributed by atoms with E-state index in [0.717, 1.165) is 16.5 Å². The van der Waals surface area contributed by atoms with Gasteiger partial charge in [-0.3, -0.25) is 9.59 Å². The molecule has 0 N–H and O–H groups in total. The summed E-state index contributed by atoms with van der Waals surface area (Å²) in [7, 11) is -2.34. The first-order valence-corrected chi connectivity index (χ1v) is 16.2. The van der Waals surface area contributed by atoms with Crippen molar-refractivity contribution in [2.24, 2.45) is 10.3 Å². The van der Waals surface area contributed by atoms with Crippen molar-refractivity contribution < 1.29 is 27.5 Å². The first kappa shape index (κ1) is 29.2. The third-order valence-electron chi connectivity index (χ3n) is 8.28. The molecule has 0 saturated carbocycles. The number of rotatable bonds is 7. The third kappa shape index (κ3) is 5.37. The monoisotopic (exact) mass is 631 g/mol. The lowest BCUT2D eigenvalue weighted by atomic mass is 10.1. The van der Waals surface area contributed by atoms with Gasteiger partial charge in [-0.05, 0) is 53.9 Å². The Hall–Kier alpha value is -5.48. The summed E-state index contributed by atoms with van der Waals surface area (Å²) in [5.74, 6) is -0.0630. The number of sulfonamides is 1. The summed E-state index contributed by atoms with van der Waals surface area (Å²) in [4.78, 5) is 29.9. The van der Waals surface area contributed by atoms with Crippen molar-refractivity contribution in [2.75, 3.05) is 23.5 Å². The van der Waals surface area contributed by atoms with Gasteiger partial charge in [0.05, 0.1) is 25.3 Å². The topological polar surface area (TPSA) is 106 Å². The molecule has 7 rings (SSSR count). The summed E-state index contributed by atoms with van der Waals surface area (Å²) in [5.41, 5.74) is 2.57. The van der Waals surface area contributed by atoms with Crippen molar-refractivity contribution in [3.05, 3.63) is 126 Å². The van der Waals surface area contributed by atoms with Crippen LogP contribution in [0.3, 0.4) is 0 Å². The Morgan fingerprint density at radius 3 is 2.43 bits per heavy atom. The average Bonchev–Trinajstić information content (AvgIpc) is 3.60. The van der Waals surface area contributed by atoms with Crippen LogP contribution in [0.1, 0.15) is 17.5 Å². The Balaban J connectivity index is 1.21. The highest BCUT2D eigenvalue weighted by Gasteiger charge is 2.37. The maximum absolute atomic E-state index is 13.5. The zero-order chi connectivity index (χ0) is 31.8. The molecule has 1 amide bonds. The van der Waals surface area contributed by atoms with E-state index < -0.39 is 21.9 Å². The maximum Gasteiger partial charge on any atom is 0.316 e. The molecule has 0 bridgehead atoms. The number of ether oxygens (including phenoxy) is 2. The molecule has 46 heavy (non-hydrogen) atoms. The molecule has 0 aromatic heterocycles. The van der Waals surface area contributed by atoms with Crippen LogP contribution >= 0.6 is 0 Å². The summed E-state index contributed by atoms with van der Waals surface area (Å²) in [6, 6.07) is 34.7. The van der Waals surface area contributed by atoms with Gasteiger partial charge in [0, 0.05) is 35.2 Å². The SMILES string of the molecule is COc1ccc(N2CC(C(=O)Oc3ccccc3CN(C3=NS(=O)(=O)c4ccccc43)c3cccc4ccccc34)CC2=O)cc1. The van der Waals surface area contributed by atoms with Crippen LogP contribution < -0.4 is 19.3 Å². The molecule has 5 aromatic rings. The standard InChI is InChI=1S/C36H29N3O6S/c1-44-28-19-17-27(18-20-28)38-23-26(21-34(38)40)36(41)45-32-15-6-3-10-25(32)22-39(31-14-8-11-24-9-2-4-12-29(24)31)35-30-13-5-7-16-33(30)46(42,43)37-35/h2-20,26H,21-23H2,1H3. The highest BCUT2D eigenvalue weighted by molar-refractivity contribution is 7.90. The molecular weight excluding hydrogens is 602 g/mol. The van der Waals surface area contributed by atoms with E-state index in [4.69, 9.17) is 9.47 Å². The molecule has 1 fully saturated rings. The number of hydrogen-bond acceptors (Lipinski definition) is 7. The highest BCUT2D eigenvalue weighted by atomic mass is 32.2. The molecule has 10 heteroatoms. The van der Waals surface area contributed by atoms with Crippen molar-refractivity contribution in [1.82, 2.24) is 0 Å². The van der Waals surface area contributed by atoms with Crippen molar-refractivity contribution in [1.29, 1.82) is 0 Å². The Morgan fingerprint density at radius 1 is 0.891 bits per heavy atom. The zero-order valence-corrected chi connectivity index (χ0v) is 25.7. The van der Waals surface area contributed by atoms with Crippen LogP contribution in [0.2, 0.25) is 0 Å². The molecule has 2 aliphatic rings.